The van der Waals surface area contributed by atoms with E-state index in [9.17, 15) is 9.59 Å². The third-order valence-corrected chi connectivity index (χ3v) is 10.2. The van der Waals surface area contributed by atoms with Gasteiger partial charge < -0.3 is 10.1 Å². The fourth-order valence-corrected chi connectivity index (χ4v) is 9.75. The molecule has 2 atom stereocenters. The number of carbonyl (C=O) groups is 1. The van der Waals surface area contributed by atoms with Crippen LogP contribution in [0.4, 0.5) is 0 Å². The monoisotopic (exact) mass is 483 g/mol. The lowest BCUT2D eigenvalue weighted by atomic mass is 9.43. The zero-order chi connectivity index (χ0) is 23.7. The second-order valence-corrected chi connectivity index (χ2v) is 13.4. The predicted octanol–water partition coefficient (Wildman–Crippen LogP) is 4.99. The number of carbonyl (C=O) groups excluding carboxylic acids is 1. The average molecular weight is 484 g/mol. The molecule has 0 radical (unpaired) electrons. The van der Waals surface area contributed by atoms with E-state index in [1.54, 1.807) is 0 Å². The van der Waals surface area contributed by atoms with Gasteiger partial charge in [0.15, 0.2) is 0 Å². The number of aromatic nitrogens is 2. The Kier molecular flexibility index (Phi) is 5.27. The van der Waals surface area contributed by atoms with E-state index in [2.05, 4.69) is 19.2 Å². The fraction of sp³-hybridized carbons (Fsp3) is 0.741. The first-order valence-electron chi connectivity index (χ1n) is 13.1. The van der Waals surface area contributed by atoms with Crippen molar-refractivity contribution in [2.24, 2.45) is 16.7 Å². The minimum absolute atomic E-state index is 0.00242. The summed E-state index contributed by atoms with van der Waals surface area (Å²) in [6.45, 7) is 8.56. The summed E-state index contributed by atoms with van der Waals surface area (Å²) < 4.78 is 8.40. The molecule has 2 unspecified atom stereocenters. The standard InChI is InChI=1S/C27H37N3O3S/c1-17-20-23(29-19-7-5-4-6-9-30(19)24(20)32)34-21(17)22(31)28-8-10-33-27-13-18-11-25(2,15-27)14-26(3,12-18)16-27/h18H,4-16H2,1-3H3,(H,28,31). The molecule has 4 bridgehead atoms. The largest absolute Gasteiger partial charge is 0.373 e. The van der Waals surface area contributed by atoms with Gasteiger partial charge in [-0.15, -0.1) is 11.3 Å². The van der Waals surface area contributed by atoms with Gasteiger partial charge >= 0.3 is 0 Å². The highest BCUT2D eigenvalue weighted by Gasteiger charge is 2.60. The number of fused-ring (bicyclic) bond motifs is 2. The van der Waals surface area contributed by atoms with Crippen LogP contribution >= 0.6 is 11.3 Å². The molecule has 0 saturated heterocycles. The molecule has 1 aliphatic heterocycles. The van der Waals surface area contributed by atoms with Crippen molar-refractivity contribution in [3.8, 4) is 0 Å². The summed E-state index contributed by atoms with van der Waals surface area (Å²) in [5.41, 5.74) is 1.62. The third kappa shape index (κ3) is 3.74. The molecular formula is C27H37N3O3S. The topological polar surface area (TPSA) is 73.2 Å². The van der Waals surface area contributed by atoms with Crippen molar-refractivity contribution < 1.29 is 9.53 Å². The molecule has 6 nitrogen and oxygen atoms in total. The van der Waals surface area contributed by atoms with Gasteiger partial charge in [-0.3, -0.25) is 14.2 Å². The van der Waals surface area contributed by atoms with E-state index in [1.165, 1.54) is 37.0 Å². The second kappa shape index (κ2) is 7.89. The number of amides is 1. The minimum atomic E-state index is -0.117. The Balaban J connectivity index is 1.14. The van der Waals surface area contributed by atoms with Crippen LogP contribution in [0.1, 0.15) is 92.7 Å². The Morgan fingerprint density at radius 2 is 1.91 bits per heavy atom. The summed E-state index contributed by atoms with van der Waals surface area (Å²) in [7, 11) is 0. The molecule has 3 heterocycles. The first-order chi connectivity index (χ1) is 16.2. The number of hydrogen-bond donors (Lipinski definition) is 1. The quantitative estimate of drug-likeness (QED) is 0.608. The van der Waals surface area contributed by atoms with Gasteiger partial charge in [0, 0.05) is 19.5 Å². The number of thiophene rings is 1. The van der Waals surface area contributed by atoms with Crippen molar-refractivity contribution in [2.75, 3.05) is 13.2 Å². The summed E-state index contributed by atoms with van der Waals surface area (Å²) in [6, 6.07) is 0. The Labute approximate surface area is 205 Å². The van der Waals surface area contributed by atoms with Gasteiger partial charge in [-0.05, 0) is 80.6 Å². The molecule has 2 aromatic heterocycles. The summed E-state index contributed by atoms with van der Waals surface area (Å²) in [5.74, 6) is 1.55. The molecular weight excluding hydrogens is 446 g/mol. The van der Waals surface area contributed by atoms with Gasteiger partial charge in [0.1, 0.15) is 10.7 Å². The Bertz CT molecular complexity index is 1200. The molecule has 5 aliphatic rings. The average Bonchev–Trinajstić information content (AvgIpc) is 2.90. The molecule has 0 spiro atoms. The van der Waals surface area contributed by atoms with E-state index in [4.69, 9.17) is 9.72 Å². The maximum Gasteiger partial charge on any atom is 0.262 e. The van der Waals surface area contributed by atoms with Crippen LogP contribution in [0.3, 0.4) is 0 Å². The first-order valence-corrected chi connectivity index (χ1v) is 14.0. The van der Waals surface area contributed by atoms with Gasteiger partial charge in [0.25, 0.3) is 11.5 Å². The summed E-state index contributed by atoms with van der Waals surface area (Å²) in [4.78, 5) is 32.3. The molecule has 184 valence electrons. The van der Waals surface area contributed by atoms with Crippen molar-refractivity contribution in [1.29, 1.82) is 0 Å². The lowest BCUT2D eigenvalue weighted by molar-refractivity contribution is -0.213. The van der Waals surface area contributed by atoms with E-state index in [-0.39, 0.29) is 17.1 Å². The van der Waals surface area contributed by atoms with Gasteiger partial charge in [-0.1, -0.05) is 20.3 Å². The van der Waals surface area contributed by atoms with Crippen molar-refractivity contribution in [3.05, 3.63) is 26.6 Å². The van der Waals surface area contributed by atoms with E-state index in [0.717, 1.165) is 62.4 Å². The van der Waals surface area contributed by atoms with Crippen molar-refractivity contribution in [2.45, 2.75) is 97.1 Å². The van der Waals surface area contributed by atoms with Crippen LogP contribution in [0.2, 0.25) is 0 Å². The number of nitrogens with one attached hydrogen (secondary N) is 1. The lowest BCUT2D eigenvalue weighted by Gasteiger charge is -2.65. The number of hydrogen-bond acceptors (Lipinski definition) is 5. The maximum absolute atomic E-state index is 13.2. The van der Waals surface area contributed by atoms with Crippen LogP contribution in [0.15, 0.2) is 4.79 Å². The van der Waals surface area contributed by atoms with Crippen LogP contribution in [0.5, 0.6) is 0 Å². The van der Waals surface area contributed by atoms with Crippen LogP contribution < -0.4 is 10.9 Å². The highest BCUT2D eigenvalue weighted by molar-refractivity contribution is 7.20. The van der Waals surface area contributed by atoms with Crippen molar-refractivity contribution >= 4 is 27.5 Å². The highest BCUT2D eigenvalue weighted by atomic mass is 32.1. The molecule has 1 amide bonds. The number of ether oxygens (including phenoxy) is 1. The summed E-state index contributed by atoms with van der Waals surface area (Å²) in [6.07, 6.45) is 11.6. The van der Waals surface area contributed by atoms with E-state index in [0.29, 0.717) is 39.1 Å². The van der Waals surface area contributed by atoms with Crippen LogP contribution in [-0.4, -0.2) is 34.2 Å². The lowest BCUT2D eigenvalue weighted by Crippen LogP contribution is -2.59. The predicted molar refractivity (Wildman–Crippen MR) is 135 cm³/mol. The normalized spacial score (nSPS) is 34.3. The molecule has 7 rings (SSSR count). The number of rotatable bonds is 5. The van der Waals surface area contributed by atoms with E-state index < -0.39 is 0 Å². The Morgan fingerprint density at radius 1 is 1.15 bits per heavy atom. The molecule has 2 aromatic rings. The fourth-order valence-electron chi connectivity index (χ4n) is 8.64. The van der Waals surface area contributed by atoms with Gasteiger partial charge in [0.05, 0.1) is 22.5 Å². The highest BCUT2D eigenvalue weighted by Crippen LogP contribution is 2.67. The number of nitrogens with zero attached hydrogens (tertiary/aromatic N) is 2. The molecule has 34 heavy (non-hydrogen) atoms. The molecule has 4 saturated carbocycles. The Morgan fingerprint density at radius 3 is 2.65 bits per heavy atom. The van der Waals surface area contributed by atoms with E-state index >= 15 is 0 Å². The van der Waals surface area contributed by atoms with Gasteiger partial charge in [-0.25, -0.2) is 4.98 Å². The minimum Gasteiger partial charge on any atom is -0.373 e. The smallest absolute Gasteiger partial charge is 0.262 e. The maximum atomic E-state index is 13.2. The van der Waals surface area contributed by atoms with Gasteiger partial charge in [-0.2, -0.15) is 0 Å². The van der Waals surface area contributed by atoms with E-state index in [1.807, 2.05) is 11.5 Å². The third-order valence-electron chi connectivity index (χ3n) is 8.99. The van der Waals surface area contributed by atoms with Crippen LogP contribution in [0.25, 0.3) is 10.2 Å². The Hall–Kier alpha value is -1.73. The molecule has 7 heteroatoms. The zero-order valence-corrected chi connectivity index (χ0v) is 21.6. The van der Waals surface area contributed by atoms with Crippen LogP contribution in [0, 0.1) is 23.7 Å². The van der Waals surface area contributed by atoms with Crippen LogP contribution in [-0.2, 0) is 17.7 Å². The zero-order valence-electron chi connectivity index (χ0n) is 20.8. The molecule has 4 fully saturated rings. The molecule has 4 aliphatic carbocycles. The SMILES string of the molecule is Cc1c(C(=O)NCCOC23CC4CC(C)(CC(C)(C4)C2)C3)sc2nc3n(c(=O)c12)CCCCC3. The van der Waals surface area contributed by atoms with Gasteiger partial charge in [0.2, 0.25) is 0 Å². The molecule has 0 aromatic carbocycles. The number of aryl methyl sites for hydroxylation is 2. The first kappa shape index (κ1) is 22.7. The van der Waals surface area contributed by atoms with Crippen molar-refractivity contribution in [1.82, 2.24) is 14.9 Å². The summed E-state index contributed by atoms with van der Waals surface area (Å²) in [5, 5.41) is 3.68. The van der Waals surface area contributed by atoms with Crippen molar-refractivity contribution in [3.63, 3.8) is 0 Å². The second-order valence-electron chi connectivity index (χ2n) is 12.4. The molecule has 1 N–H and O–H groups in total. The summed E-state index contributed by atoms with van der Waals surface area (Å²) >= 11 is 1.35.